The smallest absolute Gasteiger partial charge is 0.310 e. The van der Waals surface area contributed by atoms with Gasteiger partial charge in [-0.2, -0.15) is 5.26 Å². The van der Waals surface area contributed by atoms with Gasteiger partial charge in [0.1, 0.15) is 0 Å². The molecule has 0 amide bonds. The van der Waals surface area contributed by atoms with Crippen LogP contribution in [0.2, 0.25) is 0 Å². The van der Waals surface area contributed by atoms with Crippen LogP contribution < -0.4 is 4.72 Å². The van der Waals surface area contributed by atoms with Crippen molar-refractivity contribution in [2.24, 2.45) is 5.92 Å². The molecule has 198 valence electrons. The van der Waals surface area contributed by atoms with Crippen LogP contribution in [0.3, 0.4) is 0 Å². The van der Waals surface area contributed by atoms with Gasteiger partial charge in [0.15, 0.2) is 0 Å². The summed E-state index contributed by atoms with van der Waals surface area (Å²) in [5, 5.41) is 9.30. The maximum Gasteiger partial charge on any atom is 0.310 e. The number of nitrogens with one attached hydrogen (secondary N) is 1. The molecular formula is C30H33N3O4S. The maximum absolute atomic E-state index is 13.1. The lowest BCUT2D eigenvalue weighted by molar-refractivity contribution is -0.145. The summed E-state index contributed by atoms with van der Waals surface area (Å²) < 4.78 is 34.0. The Hall–Kier alpha value is -3.51. The Labute approximate surface area is 225 Å². The van der Waals surface area contributed by atoms with Crippen molar-refractivity contribution in [1.29, 1.82) is 5.26 Å². The Kier molecular flexibility index (Phi) is 8.02. The Morgan fingerprint density at radius 3 is 2.42 bits per heavy atom. The standard InChI is InChI=1S/C30H33N3O4S/c1-30(2,3)32-38(35,36)28-11-6-5-10-25(28)23-14-12-21(13-15-23)18-33-19-26(27(20-33)29(34)37-4)24-9-7-8-22(16-24)17-31/h5-16,26-27,32H,18-20H2,1-4H3/t26-,27+/m0/s1. The van der Waals surface area contributed by atoms with Crippen molar-refractivity contribution in [1.82, 2.24) is 9.62 Å². The van der Waals surface area contributed by atoms with Gasteiger partial charge in [-0.15, -0.1) is 0 Å². The molecule has 1 aliphatic rings. The predicted molar refractivity (Wildman–Crippen MR) is 147 cm³/mol. The van der Waals surface area contributed by atoms with Crippen molar-refractivity contribution in [3.05, 3.63) is 89.5 Å². The number of carbonyl (C=O) groups excluding carboxylic acids is 1. The zero-order chi connectivity index (χ0) is 27.5. The molecule has 8 heteroatoms. The molecule has 0 aromatic heterocycles. The van der Waals surface area contributed by atoms with Crippen LogP contribution >= 0.6 is 0 Å². The average molecular weight is 532 g/mol. The van der Waals surface area contributed by atoms with E-state index in [4.69, 9.17) is 4.74 Å². The summed E-state index contributed by atoms with van der Waals surface area (Å²) in [6, 6.07) is 24.4. The monoisotopic (exact) mass is 531 g/mol. The van der Waals surface area contributed by atoms with Gasteiger partial charge in [-0.05, 0) is 55.7 Å². The minimum atomic E-state index is -3.70. The number of nitriles is 1. The molecule has 0 unspecified atom stereocenters. The fraction of sp³-hybridized carbons (Fsp3) is 0.333. The van der Waals surface area contributed by atoms with E-state index in [2.05, 4.69) is 15.7 Å². The number of methoxy groups -OCH3 is 1. The number of likely N-dealkylation sites (tertiary alicyclic amines) is 1. The molecule has 2 atom stereocenters. The van der Waals surface area contributed by atoms with Crippen LogP contribution in [-0.2, 0) is 26.1 Å². The Morgan fingerprint density at radius 1 is 1.05 bits per heavy atom. The molecule has 0 bridgehead atoms. The molecule has 1 saturated heterocycles. The van der Waals surface area contributed by atoms with Gasteiger partial charge in [-0.25, -0.2) is 13.1 Å². The van der Waals surface area contributed by atoms with Gasteiger partial charge in [0.05, 0.1) is 29.6 Å². The lowest BCUT2D eigenvalue weighted by atomic mass is 9.88. The molecule has 1 N–H and O–H groups in total. The number of nitrogens with zero attached hydrogens (tertiary/aromatic N) is 2. The zero-order valence-electron chi connectivity index (χ0n) is 22.1. The number of hydrogen-bond acceptors (Lipinski definition) is 6. The average Bonchev–Trinajstić information content (AvgIpc) is 3.31. The summed E-state index contributed by atoms with van der Waals surface area (Å²) in [4.78, 5) is 15.0. The fourth-order valence-electron chi connectivity index (χ4n) is 5.03. The highest BCUT2D eigenvalue weighted by atomic mass is 32.2. The van der Waals surface area contributed by atoms with Gasteiger partial charge in [-0.1, -0.05) is 54.6 Å². The van der Waals surface area contributed by atoms with Crippen LogP contribution in [0.25, 0.3) is 11.1 Å². The summed E-state index contributed by atoms with van der Waals surface area (Å²) >= 11 is 0. The van der Waals surface area contributed by atoms with Crippen LogP contribution in [0.5, 0.6) is 0 Å². The van der Waals surface area contributed by atoms with Gasteiger partial charge in [0.25, 0.3) is 0 Å². The lowest BCUT2D eigenvalue weighted by Gasteiger charge is -2.21. The number of hydrogen-bond donors (Lipinski definition) is 1. The number of rotatable bonds is 7. The molecule has 38 heavy (non-hydrogen) atoms. The van der Waals surface area contributed by atoms with Crippen LogP contribution in [-0.4, -0.2) is 45.0 Å². The van der Waals surface area contributed by atoms with E-state index >= 15 is 0 Å². The van der Waals surface area contributed by atoms with Crippen LogP contribution in [0, 0.1) is 17.2 Å². The van der Waals surface area contributed by atoms with E-state index in [0.29, 0.717) is 30.8 Å². The van der Waals surface area contributed by atoms with Crippen molar-refractivity contribution >= 4 is 16.0 Å². The van der Waals surface area contributed by atoms with Crippen molar-refractivity contribution in [3.8, 4) is 17.2 Å². The van der Waals surface area contributed by atoms with E-state index < -0.39 is 15.6 Å². The first-order valence-corrected chi connectivity index (χ1v) is 14.0. The van der Waals surface area contributed by atoms with Crippen LogP contribution in [0.15, 0.2) is 77.7 Å². The van der Waals surface area contributed by atoms with Gasteiger partial charge < -0.3 is 4.74 Å². The third kappa shape index (κ3) is 6.30. The van der Waals surface area contributed by atoms with E-state index in [0.717, 1.165) is 16.7 Å². The highest BCUT2D eigenvalue weighted by molar-refractivity contribution is 7.89. The Bertz CT molecular complexity index is 1450. The van der Waals surface area contributed by atoms with Crippen LogP contribution in [0.1, 0.15) is 43.4 Å². The van der Waals surface area contributed by atoms with Gasteiger partial charge in [0, 0.05) is 36.7 Å². The van der Waals surface area contributed by atoms with E-state index in [-0.39, 0.29) is 22.7 Å². The fourth-order valence-corrected chi connectivity index (χ4v) is 6.68. The van der Waals surface area contributed by atoms with E-state index in [1.54, 1.807) is 18.2 Å². The summed E-state index contributed by atoms with van der Waals surface area (Å²) in [6.07, 6.45) is 0. The highest BCUT2D eigenvalue weighted by Gasteiger charge is 2.39. The highest BCUT2D eigenvalue weighted by Crippen LogP contribution is 2.35. The summed E-state index contributed by atoms with van der Waals surface area (Å²) in [6.45, 7) is 7.29. The summed E-state index contributed by atoms with van der Waals surface area (Å²) in [7, 11) is -2.30. The van der Waals surface area contributed by atoms with E-state index in [1.165, 1.54) is 7.11 Å². The van der Waals surface area contributed by atoms with E-state index in [9.17, 15) is 18.5 Å². The molecule has 0 aliphatic carbocycles. The minimum Gasteiger partial charge on any atom is -0.469 e. The lowest BCUT2D eigenvalue weighted by Crippen LogP contribution is -2.40. The van der Waals surface area contributed by atoms with Gasteiger partial charge in [-0.3, -0.25) is 9.69 Å². The topological polar surface area (TPSA) is 99.5 Å². The normalized spacial score (nSPS) is 18.2. The van der Waals surface area contributed by atoms with Crippen molar-refractivity contribution in [2.45, 2.75) is 43.7 Å². The molecule has 0 radical (unpaired) electrons. The van der Waals surface area contributed by atoms with Gasteiger partial charge >= 0.3 is 5.97 Å². The van der Waals surface area contributed by atoms with Crippen molar-refractivity contribution in [2.75, 3.05) is 20.2 Å². The third-order valence-electron chi connectivity index (χ3n) is 6.63. The summed E-state index contributed by atoms with van der Waals surface area (Å²) in [5.41, 5.74) is 3.43. The van der Waals surface area contributed by atoms with E-state index in [1.807, 2.05) is 75.4 Å². The molecule has 4 rings (SSSR count). The molecule has 1 fully saturated rings. The predicted octanol–water partition coefficient (Wildman–Crippen LogP) is 4.69. The first-order valence-electron chi connectivity index (χ1n) is 12.5. The maximum atomic E-state index is 13.1. The molecule has 1 heterocycles. The quantitative estimate of drug-likeness (QED) is 0.444. The number of ether oxygens (including phenoxy) is 1. The Balaban J connectivity index is 1.54. The molecule has 0 spiro atoms. The molecular weight excluding hydrogens is 498 g/mol. The number of sulfonamides is 1. The number of carbonyl (C=O) groups is 1. The second-order valence-electron chi connectivity index (χ2n) is 10.7. The van der Waals surface area contributed by atoms with Crippen molar-refractivity contribution in [3.63, 3.8) is 0 Å². The number of esters is 1. The van der Waals surface area contributed by atoms with Gasteiger partial charge in [0.2, 0.25) is 10.0 Å². The van der Waals surface area contributed by atoms with Crippen molar-refractivity contribution < 1.29 is 17.9 Å². The second-order valence-corrected chi connectivity index (χ2v) is 12.4. The second kappa shape index (κ2) is 11.1. The SMILES string of the molecule is COC(=O)[C@@H]1CN(Cc2ccc(-c3ccccc3S(=O)(=O)NC(C)(C)C)cc2)C[C@H]1c1cccc(C#N)c1. The molecule has 3 aromatic rings. The zero-order valence-corrected chi connectivity index (χ0v) is 23.0. The molecule has 1 aliphatic heterocycles. The molecule has 3 aromatic carbocycles. The first-order chi connectivity index (χ1) is 18.0. The first kappa shape index (κ1) is 27.5. The minimum absolute atomic E-state index is 0.0672. The largest absolute Gasteiger partial charge is 0.469 e. The van der Waals surface area contributed by atoms with Crippen LogP contribution in [0.4, 0.5) is 0 Å². The summed E-state index contributed by atoms with van der Waals surface area (Å²) in [5.74, 6) is -0.639. The third-order valence-corrected chi connectivity index (χ3v) is 8.45. The molecule has 0 saturated carbocycles. The Morgan fingerprint density at radius 2 is 1.76 bits per heavy atom. The molecule has 7 nitrogen and oxygen atoms in total. The number of benzene rings is 3.